The van der Waals surface area contributed by atoms with Gasteiger partial charge in [0.1, 0.15) is 4.21 Å². The van der Waals surface area contributed by atoms with Gasteiger partial charge >= 0.3 is 5.69 Å². The maximum absolute atomic E-state index is 12.3. The highest BCUT2D eigenvalue weighted by molar-refractivity contribution is 7.91. The van der Waals surface area contributed by atoms with Crippen LogP contribution in [0.4, 0.5) is 10.7 Å². The van der Waals surface area contributed by atoms with Crippen LogP contribution in [0.5, 0.6) is 0 Å². The molecule has 0 saturated heterocycles. The van der Waals surface area contributed by atoms with E-state index < -0.39 is 14.9 Å². The number of nitro groups is 1. The van der Waals surface area contributed by atoms with Gasteiger partial charge in [-0.05, 0) is 19.3 Å². The lowest BCUT2D eigenvalue weighted by Gasteiger charge is -2.27. The summed E-state index contributed by atoms with van der Waals surface area (Å²) in [6, 6.07) is 0.798. The van der Waals surface area contributed by atoms with Crippen LogP contribution in [-0.4, -0.2) is 25.9 Å². The number of rotatable bonds is 6. The fourth-order valence-electron chi connectivity index (χ4n) is 1.38. The zero-order valence-corrected chi connectivity index (χ0v) is 14.4. The van der Waals surface area contributed by atoms with E-state index in [1.54, 1.807) is 13.8 Å². The molecular formula is C12H21N3O4S2. The lowest BCUT2D eigenvalue weighted by Crippen LogP contribution is -2.41. The van der Waals surface area contributed by atoms with Gasteiger partial charge in [-0.2, -0.15) is 0 Å². The lowest BCUT2D eigenvalue weighted by atomic mass is 9.89. The van der Waals surface area contributed by atoms with Crippen LogP contribution >= 0.6 is 11.3 Å². The SMILES string of the molecule is CCNc1sc(S(=O)(=O)NC(C)C(C)(C)C)cc1[N+](=O)[O-]. The van der Waals surface area contributed by atoms with Gasteiger partial charge in [0.2, 0.25) is 0 Å². The molecule has 1 rings (SSSR count). The molecule has 1 aromatic heterocycles. The van der Waals surface area contributed by atoms with Gasteiger partial charge in [0, 0.05) is 18.7 Å². The Morgan fingerprint density at radius 2 is 2.00 bits per heavy atom. The van der Waals surface area contributed by atoms with Crippen molar-refractivity contribution in [2.75, 3.05) is 11.9 Å². The Hall–Kier alpha value is -1.19. The second-order valence-electron chi connectivity index (χ2n) is 5.78. The number of nitrogens with zero attached hydrogens (tertiary/aromatic N) is 1. The molecule has 2 N–H and O–H groups in total. The zero-order valence-electron chi connectivity index (χ0n) is 12.8. The Kier molecular flexibility index (Phi) is 5.35. The third-order valence-electron chi connectivity index (χ3n) is 3.12. The van der Waals surface area contributed by atoms with Crippen LogP contribution in [0.2, 0.25) is 0 Å². The fraction of sp³-hybridized carbons (Fsp3) is 0.667. The smallest absolute Gasteiger partial charge is 0.304 e. The quantitative estimate of drug-likeness (QED) is 0.615. The highest BCUT2D eigenvalue weighted by atomic mass is 32.2. The minimum absolute atomic E-state index is 0.0544. The molecule has 0 aromatic carbocycles. The highest BCUT2D eigenvalue weighted by Gasteiger charge is 2.30. The van der Waals surface area contributed by atoms with E-state index in [4.69, 9.17) is 0 Å². The largest absolute Gasteiger partial charge is 0.372 e. The number of anilines is 1. The minimum atomic E-state index is -3.77. The summed E-state index contributed by atoms with van der Waals surface area (Å²) in [4.78, 5) is 10.4. The Balaban J connectivity index is 3.15. The van der Waals surface area contributed by atoms with Gasteiger partial charge in [-0.3, -0.25) is 10.1 Å². The monoisotopic (exact) mass is 335 g/mol. The number of thiophene rings is 1. The summed E-state index contributed by atoms with van der Waals surface area (Å²) in [5, 5.41) is 14.0. The molecule has 1 aromatic rings. The molecule has 0 aliphatic carbocycles. The van der Waals surface area contributed by atoms with E-state index >= 15 is 0 Å². The summed E-state index contributed by atoms with van der Waals surface area (Å²) in [6.45, 7) is 9.79. The second kappa shape index (κ2) is 6.29. The standard InChI is InChI=1S/C12H21N3O4S2/c1-6-13-11-9(15(16)17)7-10(20-11)21(18,19)14-8(2)12(3,4)5/h7-8,13-14H,6H2,1-5H3. The number of nitrogens with one attached hydrogen (secondary N) is 2. The third kappa shape index (κ3) is 4.39. The van der Waals surface area contributed by atoms with Gasteiger partial charge in [-0.1, -0.05) is 32.1 Å². The predicted octanol–water partition coefficient (Wildman–Crippen LogP) is 2.80. The maximum Gasteiger partial charge on any atom is 0.304 e. The predicted molar refractivity (Wildman–Crippen MR) is 84.4 cm³/mol. The molecular weight excluding hydrogens is 314 g/mol. The van der Waals surface area contributed by atoms with Gasteiger partial charge < -0.3 is 5.32 Å². The molecule has 0 aliphatic heterocycles. The van der Waals surface area contributed by atoms with E-state index in [0.29, 0.717) is 6.54 Å². The molecule has 1 atom stereocenters. The van der Waals surface area contributed by atoms with Gasteiger partial charge in [0.05, 0.1) is 4.92 Å². The van der Waals surface area contributed by atoms with Crippen LogP contribution in [0.1, 0.15) is 34.6 Å². The van der Waals surface area contributed by atoms with Crippen molar-refractivity contribution in [2.45, 2.75) is 44.9 Å². The van der Waals surface area contributed by atoms with Crippen LogP contribution in [0.25, 0.3) is 0 Å². The maximum atomic E-state index is 12.3. The molecule has 0 spiro atoms. The Morgan fingerprint density at radius 1 is 1.43 bits per heavy atom. The summed E-state index contributed by atoms with van der Waals surface area (Å²) in [5.41, 5.74) is -0.466. The van der Waals surface area contributed by atoms with Crippen LogP contribution in [0.3, 0.4) is 0 Å². The van der Waals surface area contributed by atoms with Crippen molar-refractivity contribution < 1.29 is 13.3 Å². The summed E-state index contributed by atoms with van der Waals surface area (Å²) >= 11 is 0.869. The normalized spacial score (nSPS) is 14.0. The van der Waals surface area contributed by atoms with Crippen molar-refractivity contribution in [3.63, 3.8) is 0 Å². The molecule has 0 amide bonds. The summed E-state index contributed by atoms with van der Waals surface area (Å²) < 4.78 is 27.2. The van der Waals surface area contributed by atoms with Crippen molar-refractivity contribution in [1.29, 1.82) is 0 Å². The minimum Gasteiger partial charge on any atom is -0.372 e. The van der Waals surface area contributed by atoms with Gasteiger partial charge in [0.15, 0.2) is 5.00 Å². The van der Waals surface area contributed by atoms with E-state index in [1.165, 1.54) is 0 Å². The van der Waals surface area contributed by atoms with E-state index in [2.05, 4.69) is 10.0 Å². The first kappa shape index (κ1) is 17.9. The van der Waals surface area contributed by atoms with E-state index in [9.17, 15) is 18.5 Å². The summed E-state index contributed by atoms with van der Waals surface area (Å²) in [5.74, 6) is 0. The number of sulfonamides is 1. The average molecular weight is 335 g/mol. The molecule has 120 valence electrons. The van der Waals surface area contributed by atoms with E-state index in [-0.39, 0.29) is 26.4 Å². The van der Waals surface area contributed by atoms with Crippen molar-refractivity contribution in [3.05, 3.63) is 16.2 Å². The highest BCUT2D eigenvalue weighted by Crippen LogP contribution is 2.37. The molecule has 7 nitrogen and oxygen atoms in total. The van der Waals surface area contributed by atoms with Crippen LogP contribution in [0, 0.1) is 15.5 Å². The van der Waals surface area contributed by atoms with Gasteiger partial charge in [0.25, 0.3) is 10.0 Å². The van der Waals surface area contributed by atoms with Crippen molar-refractivity contribution >= 4 is 32.0 Å². The van der Waals surface area contributed by atoms with Crippen molar-refractivity contribution in [2.24, 2.45) is 5.41 Å². The van der Waals surface area contributed by atoms with E-state index in [0.717, 1.165) is 17.4 Å². The van der Waals surface area contributed by atoms with Gasteiger partial charge in [-0.15, -0.1) is 0 Å². The molecule has 0 bridgehead atoms. The first-order valence-corrected chi connectivity index (χ1v) is 8.83. The zero-order chi connectivity index (χ0) is 16.4. The summed E-state index contributed by atoms with van der Waals surface area (Å²) in [6.07, 6.45) is 0. The van der Waals surface area contributed by atoms with Crippen LogP contribution in [0.15, 0.2) is 10.3 Å². The molecule has 0 saturated carbocycles. The van der Waals surface area contributed by atoms with Gasteiger partial charge in [-0.25, -0.2) is 13.1 Å². The van der Waals surface area contributed by atoms with Crippen LogP contribution in [-0.2, 0) is 10.0 Å². The third-order valence-corrected chi connectivity index (χ3v) is 6.22. The molecule has 0 fully saturated rings. The molecule has 0 radical (unpaired) electrons. The molecule has 9 heteroatoms. The van der Waals surface area contributed by atoms with Crippen LogP contribution < -0.4 is 10.0 Å². The summed E-state index contributed by atoms with van der Waals surface area (Å²) in [7, 11) is -3.77. The number of hydrogen-bond donors (Lipinski definition) is 2. The van der Waals surface area contributed by atoms with E-state index in [1.807, 2.05) is 20.8 Å². The second-order valence-corrected chi connectivity index (χ2v) is 8.77. The first-order valence-electron chi connectivity index (χ1n) is 6.53. The number of hydrogen-bond acceptors (Lipinski definition) is 6. The Morgan fingerprint density at radius 3 is 2.43 bits per heavy atom. The first-order chi connectivity index (χ1) is 9.49. The Bertz CT molecular complexity index is 617. The lowest BCUT2D eigenvalue weighted by molar-refractivity contribution is -0.383. The van der Waals surface area contributed by atoms with Crippen molar-refractivity contribution in [1.82, 2.24) is 4.72 Å². The Labute approximate surface area is 129 Å². The molecule has 0 aliphatic rings. The molecule has 21 heavy (non-hydrogen) atoms. The van der Waals surface area contributed by atoms with Crippen molar-refractivity contribution in [3.8, 4) is 0 Å². The fourth-order valence-corrected chi connectivity index (χ4v) is 4.24. The molecule has 1 heterocycles. The topological polar surface area (TPSA) is 101 Å². The molecule has 1 unspecified atom stereocenters. The average Bonchev–Trinajstić information content (AvgIpc) is 2.72.